The summed E-state index contributed by atoms with van der Waals surface area (Å²) in [6, 6.07) is 13.9. The van der Waals surface area contributed by atoms with Crippen LogP contribution < -0.4 is 4.72 Å². The summed E-state index contributed by atoms with van der Waals surface area (Å²) < 4.78 is 29.0. The number of aryl methyl sites for hydroxylation is 1. The van der Waals surface area contributed by atoms with Gasteiger partial charge in [-0.1, -0.05) is 35.9 Å². The number of benzene rings is 2. The molecule has 0 aliphatic carbocycles. The highest BCUT2D eigenvalue weighted by Gasteiger charge is 2.43. The number of carbonyl (C=O) groups is 2. The van der Waals surface area contributed by atoms with E-state index in [1.165, 1.54) is 0 Å². The van der Waals surface area contributed by atoms with Crippen molar-refractivity contribution in [2.24, 2.45) is 0 Å². The number of aliphatic carboxylic acids is 1. The van der Waals surface area contributed by atoms with Gasteiger partial charge in [0.25, 0.3) is 5.91 Å². The Balaban J connectivity index is 1.60. The Morgan fingerprint density at radius 2 is 1.70 bits per heavy atom. The van der Waals surface area contributed by atoms with Gasteiger partial charge in [-0.15, -0.1) is 0 Å². The van der Waals surface area contributed by atoms with Gasteiger partial charge in [-0.25, -0.2) is 13.1 Å². The fourth-order valence-corrected chi connectivity index (χ4v) is 6.09. The molecular formula is C24H29N3O5S. The first-order valence-electron chi connectivity index (χ1n) is 11.2. The zero-order chi connectivity index (χ0) is 23.6. The van der Waals surface area contributed by atoms with E-state index in [0.717, 1.165) is 12.0 Å². The average molecular weight is 472 g/mol. The maximum Gasteiger partial charge on any atom is 0.320 e. The molecule has 0 radical (unpaired) electrons. The van der Waals surface area contributed by atoms with Crippen molar-refractivity contribution >= 4 is 21.9 Å². The first-order valence-corrected chi connectivity index (χ1v) is 12.7. The molecule has 2 aliphatic rings. The summed E-state index contributed by atoms with van der Waals surface area (Å²) in [6.45, 7) is 3.09. The Morgan fingerprint density at radius 3 is 2.36 bits per heavy atom. The lowest BCUT2D eigenvalue weighted by Gasteiger charge is -2.44. The zero-order valence-electron chi connectivity index (χ0n) is 18.6. The second-order valence-corrected chi connectivity index (χ2v) is 10.5. The molecule has 0 saturated carbocycles. The van der Waals surface area contributed by atoms with E-state index in [1.807, 2.05) is 17.9 Å². The quantitative estimate of drug-likeness (QED) is 0.668. The molecule has 0 spiro atoms. The topological polar surface area (TPSA) is 107 Å². The first-order chi connectivity index (χ1) is 15.8. The molecule has 33 heavy (non-hydrogen) atoms. The van der Waals surface area contributed by atoms with Crippen molar-refractivity contribution in [1.82, 2.24) is 14.5 Å². The molecule has 2 saturated heterocycles. The van der Waals surface area contributed by atoms with E-state index in [4.69, 9.17) is 0 Å². The predicted molar refractivity (Wildman–Crippen MR) is 123 cm³/mol. The standard InChI is InChI=1S/C24H29N3O5S/c1-17-9-11-19(12-10-17)33(31,32)25-20-13-15-26(23(28)18-6-3-2-4-7-18)16-22(20)27-14-5-8-21(27)24(29)30/h2-4,6-7,9-12,20-22,25H,5,8,13-16H2,1H3,(H,29,30). The SMILES string of the molecule is Cc1ccc(S(=O)(=O)NC2CCN(C(=O)c3ccccc3)CC2N2CCCC2C(=O)O)cc1. The third kappa shape index (κ3) is 5.10. The number of likely N-dealkylation sites (tertiary alicyclic amines) is 2. The van der Waals surface area contributed by atoms with Crippen LogP contribution in [0, 0.1) is 6.92 Å². The Hall–Kier alpha value is -2.75. The summed E-state index contributed by atoms with van der Waals surface area (Å²) in [5.41, 5.74) is 1.52. The Labute approximate surface area is 194 Å². The summed E-state index contributed by atoms with van der Waals surface area (Å²) >= 11 is 0. The van der Waals surface area contributed by atoms with Crippen LogP contribution in [0.5, 0.6) is 0 Å². The molecular weight excluding hydrogens is 442 g/mol. The van der Waals surface area contributed by atoms with E-state index >= 15 is 0 Å². The molecule has 4 rings (SSSR count). The van der Waals surface area contributed by atoms with Crippen LogP contribution in [0.1, 0.15) is 35.2 Å². The molecule has 176 valence electrons. The van der Waals surface area contributed by atoms with Crippen molar-refractivity contribution in [2.45, 2.75) is 49.2 Å². The minimum Gasteiger partial charge on any atom is -0.480 e. The summed E-state index contributed by atoms with van der Waals surface area (Å²) in [5.74, 6) is -1.05. The van der Waals surface area contributed by atoms with Crippen LogP contribution in [-0.4, -0.2) is 73.0 Å². The van der Waals surface area contributed by atoms with Crippen LogP contribution in [0.4, 0.5) is 0 Å². The van der Waals surface area contributed by atoms with Gasteiger partial charge in [0, 0.05) is 30.7 Å². The second-order valence-electron chi connectivity index (χ2n) is 8.75. The number of piperidine rings is 1. The van der Waals surface area contributed by atoms with Gasteiger partial charge in [-0.2, -0.15) is 0 Å². The highest BCUT2D eigenvalue weighted by Crippen LogP contribution is 2.28. The van der Waals surface area contributed by atoms with Crippen molar-refractivity contribution in [2.75, 3.05) is 19.6 Å². The number of amides is 1. The molecule has 2 N–H and O–H groups in total. The van der Waals surface area contributed by atoms with E-state index in [-0.39, 0.29) is 17.3 Å². The summed E-state index contributed by atoms with van der Waals surface area (Å²) in [7, 11) is -3.79. The highest BCUT2D eigenvalue weighted by atomic mass is 32.2. The third-order valence-electron chi connectivity index (χ3n) is 6.53. The van der Waals surface area contributed by atoms with E-state index in [2.05, 4.69) is 4.72 Å². The maximum absolute atomic E-state index is 13.1. The molecule has 2 heterocycles. The fraction of sp³-hybridized carbons (Fsp3) is 0.417. The summed E-state index contributed by atoms with van der Waals surface area (Å²) in [6.07, 6.45) is 1.63. The van der Waals surface area contributed by atoms with Crippen LogP contribution in [0.15, 0.2) is 59.5 Å². The fourth-order valence-electron chi connectivity index (χ4n) is 4.79. The summed E-state index contributed by atoms with van der Waals surface area (Å²) in [5, 5.41) is 9.73. The van der Waals surface area contributed by atoms with Crippen LogP contribution in [-0.2, 0) is 14.8 Å². The molecule has 2 aliphatic heterocycles. The number of rotatable bonds is 6. The summed E-state index contributed by atoms with van der Waals surface area (Å²) in [4.78, 5) is 28.7. The third-order valence-corrected chi connectivity index (χ3v) is 8.04. The van der Waals surface area contributed by atoms with E-state index in [0.29, 0.717) is 31.5 Å². The van der Waals surface area contributed by atoms with Gasteiger partial charge in [-0.3, -0.25) is 14.5 Å². The molecule has 2 aromatic rings. The zero-order valence-corrected chi connectivity index (χ0v) is 19.4. The number of nitrogens with one attached hydrogen (secondary N) is 1. The lowest BCUT2D eigenvalue weighted by atomic mass is 9.97. The number of hydrogen-bond donors (Lipinski definition) is 2. The largest absolute Gasteiger partial charge is 0.480 e. The van der Waals surface area contributed by atoms with E-state index in [1.54, 1.807) is 53.4 Å². The van der Waals surface area contributed by atoms with Crippen molar-refractivity contribution in [3.63, 3.8) is 0 Å². The van der Waals surface area contributed by atoms with Gasteiger partial charge in [-0.05, 0) is 57.0 Å². The van der Waals surface area contributed by atoms with Crippen molar-refractivity contribution in [3.05, 3.63) is 65.7 Å². The molecule has 2 fully saturated rings. The molecule has 8 nitrogen and oxygen atoms in total. The number of hydrogen-bond acceptors (Lipinski definition) is 5. The Bertz CT molecular complexity index is 1100. The molecule has 3 unspecified atom stereocenters. The lowest BCUT2D eigenvalue weighted by Crippen LogP contribution is -2.62. The number of sulfonamides is 1. The smallest absolute Gasteiger partial charge is 0.320 e. The first kappa shape index (κ1) is 23.4. The number of carboxylic acids is 1. The van der Waals surface area contributed by atoms with Crippen molar-refractivity contribution < 1.29 is 23.1 Å². The molecule has 9 heteroatoms. The van der Waals surface area contributed by atoms with E-state index < -0.39 is 34.1 Å². The highest BCUT2D eigenvalue weighted by molar-refractivity contribution is 7.89. The Morgan fingerprint density at radius 1 is 1.00 bits per heavy atom. The van der Waals surface area contributed by atoms with Gasteiger partial charge in [0.1, 0.15) is 6.04 Å². The minimum absolute atomic E-state index is 0.133. The van der Waals surface area contributed by atoms with E-state index in [9.17, 15) is 23.1 Å². The van der Waals surface area contributed by atoms with Crippen LogP contribution >= 0.6 is 0 Å². The molecule has 3 atom stereocenters. The second kappa shape index (κ2) is 9.62. The minimum atomic E-state index is -3.79. The van der Waals surface area contributed by atoms with Crippen LogP contribution in [0.2, 0.25) is 0 Å². The molecule has 2 aromatic carbocycles. The van der Waals surface area contributed by atoms with Crippen molar-refractivity contribution in [3.8, 4) is 0 Å². The van der Waals surface area contributed by atoms with Gasteiger partial charge in [0.05, 0.1) is 4.90 Å². The maximum atomic E-state index is 13.1. The van der Waals surface area contributed by atoms with Gasteiger partial charge >= 0.3 is 5.97 Å². The number of carboxylic acid groups (broad SMARTS) is 1. The lowest BCUT2D eigenvalue weighted by molar-refractivity contribution is -0.143. The van der Waals surface area contributed by atoms with Gasteiger partial charge in [0.2, 0.25) is 10.0 Å². The number of carbonyl (C=O) groups excluding carboxylic acids is 1. The van der Waals surface area contributed by atoms with Gasteiger partial charge in [0.15, 0.2) is 0 Å². The molecule has 0 aromatic heterocycles. The van der Waals surface area contributed by atoms with Crippen molar-refractivity contribution in [1.29, 1.82) is 0 Å². The van der Waals surface area contributed by atoms with Gasteiger partial charge < -0.3 is 10.0 Å². The normalized spacial score (nSPS) is 24.0. The molecule has 1 amide bonds. The molecule has 0 bridgehead atoms. The van der Waals surface area contributed by atoms with Crippen LogP contribution in [0.3, 0.4) is 0 Å². The van der Waals surface area contributed by atoms with Crippen LogP contribution in [0.25, 0.3) is 0 Å². The predicted octanol–water partition coefficient (Wildman–Crippen LogP) is 2.11. The average Bonchev–Trinajstić information content (AvgIpc) is 3.30. The monoisotopic (exact) mass is 471 g/mol. The Kier molecular flexibility index (Phi) is 6.83. The number of nitrogens with zero attached hydrogens (tertiary/aromatic N) is 2.